The van der Waals surface area contributed by atoms with Crippen molar-refractivity contribution in [2.75, 3.05) is 9.80 Å². The van der Waals surface area contributed by atoms with Crippen LogP contribution >= 0.6 is 23.5 Å². The van der Waals surface area contributed by atoms with Crippen LogP contribution in [0.25, 0.3) is 65.7 Å². The molecule has 0 aromatic heterocycles. The summed E-state index contributed by atoms with van der Waals surface area (Å²) in [6.07, 6.45) is 0. The lowest BCUT2D eigenvalue weighted by atomic mass is 9.73. The first-order valence-corrected chi connectivity index (χ1v) is 24.4. The zero-order valence-corrected chi connectivity index (χ0v) is 37.6. The lowest BCUT2D eigenvalue weighted by molar-refractivity contribution is 0.713. The maximum atomic E-state index is 2.54. The molecule has 1 unspecified atom stereocenters. The van der Waals surface area contributed by atoms with E-state index in [0.717, 1.165) is 11.4 Å². The summed E-state index contributed by atoms with van der Waals surface area (Å²) >= 11 is 3.73. The van der Waals surface area contributed by atoms with Crippen molar-refractivity contribution in [2.45, 2.75) is 31.9 Å². The van der Waals surface area contributed by atoms with Crippen molar-refractivity contribution >= 4 is 90.0 Å². The fourth-order valence-electron chi connectivity index (χ4n) is 11.8. The Balaban J connectivity index is 1.11. The summed E-state index contributed by atoms with van der Waals surface area (Å²) in [5, 5.41) is 7.44. The molecule has 308 valence electrons. The van der Waals surface area contributed by atoms with Crippen molar-refractivity contribution in [3.05, 3.63) is 229 Å². The third-order valence-corrected chi connectivity index (χ3v) is 17.1. The minimum absolute atomic E-state index is 0.380. The number of para-hydroxylation sites is 3. The van der Waals surface area contributed by atoms with Gasteiger partial charge >= 0.3 is 0 Å². The SMILES string of the molecule is CC12c3ccc4c(c3)N(c3ccc5c(-c6cccc7ccccc67)c6cc(N7c8ccccc8Sc8ccccc87)ccc6c(c5c3)-c3ccc(c1c3)-c1ccccc12)c1ccccc1S4. The van der Waals surface area contributed by atoms with Gasteiger partial charge in [0.25, 0.3) is 0 Å². The van der Waals surface area contributed by atoms with Crippen molar-refractivity contribution in [2.24, 2.45) is 0 Å². The van der Waals surface area contributed by atoms with E-state index in [-0.39, 0.29) is 5.41 Å². The van der Waals surface area contributed by atoms with Crippen LogP contribution in [-0.4, -0.2) is 0 Å². The monoisotopic (exact) mass is 874 g/mol. The van der Waals surface area contributed by atoms with Crippen LogP contribution in [0.1, 0.15) is 23.6 Å². The smallest absolute Gasteiger partial charge is 0.0604 e. The molecule has 0 N–H and O–H groups in total. The van der Waals surface area contributed by atoms with Gasteiger partial charge in [0.05, 0.1) is 22.7 Å². The van der Waals surface area contributed by atoms with E-state index in [1.165, 1.54) is 125 Å². The summed E-state index contributed by atoms with van der Waals surface area (Å²) in [5.74, 6) is 0. The number of rotatable bonds is 2. The van der Waals surface area contributed by atoms with Crippen LogP contribution in [0.5, 0.6) is 0 Å². The van der Waals surface area contributed by atoms with Crippen LogP contribution in [0, 0.1) is 0 Å². The Morgan fingerprint density at radius 2 is 0.894 bits per heavy atom. The van der Waals surface area contributed by atoms with Crippen molar-refractivity contribution < 1.29 is 0 Å². The Morgan fingerprint density at radius 3 is 1.62 bits per heavy atom. The van der Waals surface area contributed by atoms with Gasteiger partial charge in [0.15, 0.2) is 0 Å². The van der Waals surface area contributed by atoms with Crippen molar-refractivity contribution in [3.63, 3.8) is 0 Å². The molecule has 1 atom stereocenters. The first kappa shape index (κ1) is 36.8. The largest absolute Gasteiger partial charge is 0.308 e. The van der Waals surface area contributed by atoms with E-state index < -0.39 is 0 Å². The maximum Gasteiger partial charge on any atom is 0.0604 e. The van der Waals surface area contributed by atoms with Gasteiger partial charge in [-0.05, 0) is 168 Å². The number of hydrogen-bond donors (Lipinski definition) is 0. The second-order valence-electron chi connectivity index (χ2n) is 18.1. The van der Waals surface area contributed by atoms with Gasteiger partial charge in [0.1, 0.15) is 0 Å². The highest BCUT2D eigenvalue weighted by Gasteiger charge is 2.42. The molecule has 0 spiro atoms. The summed E-state index contributed by atoms with van der Waals surface area (Å²) in [4.78, 5) is 10.0. The second-order valence-corrected chi connectivity index (χ2v) is 20.3. The van der Waals surface area contributed by atoms with Gasteiger partial charge in [-0.2, -0.15) is 0 Å². The van der Waals surface area contributed by atoms with E-state index in [1.54, 1.807) is 0 Å². The fraction of sp³-hybridized carbons (Fsp3) is 0.0323. The van der Waals surface area contributed by atoms with Gasteiger partial charge in [0.2, 0.25) is 0 Å². The zero-order valence-electron chi connectivity index (χ0n) is 35.9. The average molecular weight is 875 g/mol. The molecule has 66 heavy (non-hydrogen) atoms. The van der Waals surface area contributed by atoms with Gasteiger partial charge < -0.3 is 9.80 Å². The van der Waals surface area contributed by atoms with E-state index in [4.69, 9.17) is 0 Å². The average Bonchev–Trinajstić information content (AvgIpc) is 3.63. The molecular weight excluding hydrogens is 837 g/mol. The summed E-state index contributed by atoms with van der Waals surface area (Å²) < 4.78 is 0. The van der Waals surface area contributed by atoms with E-state index in [2.05, 4.69) is 229 Å². The molecular formula is C62H38N2S2. The molecule has 11 aromatic carbocycles. The predicted molar refractivity (Wildman–Crippen MR) is 278 cm³/mol. The Bertz CT molecular complexity index is 3890. The van der Waals surface area contributed by atoms with Crippen LogP contribution in [0.2, 0.25) is 0 Å². The molecule has 3 heterocycles. The Kier molecular flexibility index (Phi) is 7.54. The van der Waals surface area contributed by atoms with Gasteiger partial charge in [-0.3, -0.25) is 0 Å². The summed E-state index contributed by atoms with van der Waals surface area (Å²) in [5.41, 5.74) is 18.4. The summed E-state index contributed by atoms with van der Waals surface area (Å²) in [7, 11) is 0. The van der Waals surface area contributed by atoms with Crippen LogP contribution in [0.15, 0.2) is 232 Å². The molecule has 11 aromatic rings. The predicted octanol–water partition coefficient (Wildman–Crippen LogP) is 18.0. The molecule has 4 heteroatoms. The van der Waals surface area contributed by atoms with Crippen molar-refractivity contribution in [1.82, 2.24) is 0 Å². The van der Waals surface area contributed by atoms with Crippen LogP contribution < -0.4 is 9.80 Å². The summed E-state index contributed by atoms with van der Waals surface area (Å²) in [6, 6.07) is 80.5. The third-order valence-electron chi connectivity index (χ3n) is 14.8. The van der Waals surface area contributed by atoms with E-state index in [0.29, 0.717) is 0 Å². The molecule has 0 fully saturated rings. The number of nitrogens with zero attached hydrogens (tertiary/aromatic N) is 2. The minimum atomic E-state index is -0.380. The first-order valence-electron chi connectivity index (χ1n) is 22.7. The second kappa shape index (κ2) is 13.5. The Morgan fingerprint density at radius 1 is 0.348 bits per heavy atom. The fourth-order valence-corrected chi connectivity index (χ4v) is 13.9. The van der Waals surface area contributed by atoms with E-state index in [9.17, 15) is 0 Å². The van der Waals surface area contributed by atoms with E-state index >= 15 is 0 Å². The van der Waals surface area contributed by atoms with Gasteiger partial charge in [0, 0.05) is 36.4 Å². The zero-order chi connectivity index (χ0) is 43.3. The van der Waals surface area contributed by atoms with Gasteiger partial charge in [-0.25, -0.2) is 0 Å². The normalized spacial score (nSPS) is 15.8. The number of anilines is 6. The molecule has 1 aliphatic carbocycles. The highest BCUT2D eigenvalue weighted by Crippen LogP contribution is 2.59. The molecule has 6 bridgehead atoms. The van der Waals surface area contributed by atoms with E-state index in [1.807, 2.05) is 23.5 Å². The standard InChI is InChI=1S/C62H38N2S2/c1-62-39-26-32-59-55(34-39)64(54-21-8-11-24-58(54)66-59)41-28-31-47-48(35-41)60(38-25-29-44(51(62)33-38)43-16-4-5-18-50(43)62)46-30-27-40(36-49(46)61(47)45-17-12-14-37-13-2-3-15-42(37)45)63-52-19-6-9-22-56(52)65-57-23-10-7-20-53(57)63/h2-36H,1H3. The molecule has 3 aliphatic heterocycles. The van der Waals surface area contributed by atoms with Crippen LogP contribution in [-0.2, 0) is 5.41 Å². The lowest BCUT2D eigenvalue weighted by Crippen LogP contribution is -2.24. The molecule has 0 radical (unpaired) electrons. The Labute approximate surface area is 391 Å². The van der Waals surface area contributed by atoms with Gasteiger partial charge in [-0.15, -0.1) is 0 Å². The molecule has 0 saturated carbocycles. The number of hydrogen-bond acceptors (Lipinski definition) is 4. The highest BCUT2D eigenvalue weighted by molar-refractivity contribution is 8.00. The van der Waals surface area contributed by atoms with Crippen LogP contribution in [0.4, 0.5) is 34.1 Å². The maximum absolute atomic E-state index is 2.54. The van der Waals surface area contributed by atoms with Gasteiger partial charge in [-0.1, -0.05) is 157 Å². The lowest BCUT2D eigenvalue weighted by Gasteiger charge is -2.36. The molecule has 4 aliphatic rings. The highest BCUT2D eigenvalue weighted by atomic mass is 32.2. The van der Waals surface area contributed by atoms with Crippen molar-refractivity contribution in [1.29, 1.82) is 0 Å². The third kappa shape index (κ3) is 4.95. The summed E-state index contributed by atoms with van der Waals surface area (Å²) in [6.45, 7) is 2.46. The number of benzene rings is 11. The minimum Gasteiger partial charge on any atom is -0.308 e. The quantitative estimate of drug-likeness (QED) is 0.160. The topological polar surface area (TPSA) is 6.48 Å². The first-order chi connectivity index (χ1) is 32.6. The van der Waals surface area contributed by atoms with Crippen LogP contribution in [0.3, 0.4) is 0 Å². The molecule has 15 rings (SSSR count). The number of fused-ring (bicyclic) bond motifs is 16. The molecule has 2 nitrogen and oxygen atoms in total. The Hall–Kier alpha value is -7.50. The van der Waals surface area contributed by atoms with Crippen molar-refractivity contribution in [3.8, 4) is 33.4 Å². The molecule has 0 saturated heterocycles. The molecule has 0 amide bonds.